The molecule has 0 heterocycles. The highest BCUT2D eigenvalue weighted by Gasteiger charge is 2.17. The van der Waals surface area contributed by atoms with Gasteiger partial charge in [0.15, 0.2) is 11.5 Å². The lowest BCUT2D eigenvalue weighted by molar-refractivity contribution is -0.125. The van der Waals surface area contributed by atoms with E-state index in [1.807, 2.05) is 32.0 Å². The van der Waals surface area contributed by atoms with Gasteiger partial charge in [-0.1, -0.05) is 30.3 Å². The van der Waals surface area contributed by atoms with Gasteiger partial charge in [0.1, 0.15) is 5.76 Å². The van der Waals surface area contributed by atoms with Crippen LogP contribution >= 0.6 is 0 Å². The summed E-state index contributed by atoms with van der Waals surface area (Å²) in [7, 11) is 3.01. The fraction of sp³-hybridized carbons (Fsp3) is 0.273. The number of methoxy groups -OCH3 is 2. The van der Waals surface area contributed by atoms with Crippen molar-refractivity contribution in [2.75, 3.05) is 27.3 Å². The summed E-state index contributed by atoms with van der Waals surface area (Å²) in [6, 6.07) is 13.8. The van der Waals surface area contributed by atoms with E-state index in [9.17, 15) is 9.59 Å². The number of hydrogen-bond donors (Lipinski definition) is 0. The molecule has 2 aromatic carbocycles. The van der Waals surface area contributed by atoms with Crippen LogP contribution in [0.4, 0.5) is 0 Å². The van der Waals surface area contributed by atoms with Crippen LogP contribution in [0.25, 0.3) is 5.76 Å². The smallest absolute Gasteiger partial charge is 0.343 e. The molecule has 1 amide bonds. The fourth-order valence-electron chi connectivity index (χ4n) is 2.63. The summed E-state index contributed by atoms with van der Waals surface area (Å²) in [6.45, 7) is 4.93. The topological polar surface area (TPSA) is 65.1 Å². The van der Waals surface area contributed by atoms with Gasteiger partial charge in [-0.3, -0.25) is 4.79 Å². The van der Waals surface area contributed by atoms with Crippen LogP contribution in [0.1, 0.15) is 29.8 Å². The minimum atomic E-state index is -0.594. The Morgan fingerprint density at radius 2 is 1.54 bits per heavy atom. The van der Waals surface area contributed by atoms with Crippen molar-refractivity contribution in [3.8, 4) is 11.5 Å². The van der Waals surface area contributed by atoms with E-state index in [1.54, 1.807) is 29.2 Å². The van der Waals surface area contributed by atoms with Gasteiger partial charge >= 0.3 is 5.97 Å². The van der Waals surface area contributed by atoms with Gasteiger partial charge in [0.2, 0.25) is 5.91 Å². The second-order valence-electron chi connectivity index (χ2n) is 5.84. The number of benzene rings is 2. The van der Waals surface area contributed by atoms with Gasteiger partial charge in [0, 0.05) is 24.7 Å². The molecule has 148 valence electrons. The number of likely N-dealkylation sites (N-methyl/N-ethyl adjacent to an activating group) is 1. The van der Waals surface area contributed by atoms with Gasteiger partial charge in [-0.15, -0.1) is 0 Å². The third-order valence-corrected chi connectivity index (χ3v) is 4.21. The molecule has 0 radical (unpaired) electrons. The molecule has 2 rings (SSSR count). The molecule has 6 nitrogen and oxygen atoms in total. The van der Waals surface area contributed by atoms with Crippen LogP contribution in [0.3, 0.4) is 0 Å². The van der Waals surface area contributed by atoms with Gasteiger partial charge < -0.3 is 19.1 Å². The lowest BCUT2D eigenvalue weighted by atomic mass is 10.1. The zero-order valence-electron chi connectivity index (χ0n) is 16.6. The molecule has 0 saturated carbocycles. The quantitative estimate of drug-likeness (QED) is 0.394. The van der Waals surface area contributed by atoms with Gasteiger partial charge in [0.05, 0.1) is 19.8 Å². The van der Waals surface area contributed by atoms with Gasteiger partial charge in [-0.25, -0.2) is 4.79 Å². The Hall–Kier alpha value is -3.28. The summed E-state index contributed by atoms with van der Waals surface area (Å²) in [5.74, 6) is 0.306. The molecule has 0 fully saturated rings. The van der Waals surface area contributed by atoms with Gasteiger partial charge in [-0.05, 0) is 32.0 Å². The number of hydrogen-bond acceptors (Lipinski definition) is 5. The minimum Gasteiger partial charge on any atom is -0.493 e. The number of rotatable bonds is 8. The molecule has 0 N–H and O–H groups in total. The van der Waals surface area contributed by atoms with Crippen molar-refractivity contribution in [3.05, 3.63) is 65.7 Å². The van der Waals surface area contributed by atoms with Crippen LogP contribution in [0.2, 0.25) is 0 Å². The fourth-order valence-corrected chi connectivity index (χ4v) is 2.63. The Kier molecular flexibility index (Phi) is 7.63. The van der Waals surface area contributed by atoms with Crippen molar-refractivity contribution in [1.82, 2.24) is 4.90 Å². The largest absolute Gasteiger partial charge is 0.493 e. The van der Waals surface area contributed by atoms with E-state index in [2.05, 4.69) is 0 Å². The summed E-state index contributed by atoms with van der Waals surface area (Å²) in [5, 5.41) is 0. The molecule has 0 aromatic heterocycles. The van der Waals surface area contributed by atoms with E-state index in [0.717, 1.165) is 0 Å². The Morgan fingerprint density at radius 1 is 0.893 bits per heavy atom. The maximum atomic E-state index is 12.7. The van der Waals surface area contributed by atoms with Gasteiger partial charge in [0.25, 0.3) is 0 Å². The zero-order valence-corrected chi connectivity index (χ0v) is 16.6. The Morgan fingerprint density at radius 3 is 2.11 bits per heavy atom. The SMILES string of the molecule is CCN(CC)C(=O)/C=C(\OC(=O)c1ccc(OC)c(OC)c1)c1ccccc1. The molecule has 0 spiro atoms. The van der Waals surface area contributed by atoms with E-state index in [1.165, 1.54) is 26.4 Å². The molecule has 28 heavy (non-hydrogen) atoms. The first-order valence-electron chi connectivity index (χ1n) is 9.04. The molecule has 0 aliphatic rings. The van der Waals surface area contributed by atoms with E-state index < -0.39 is 5.97 Å². The summed E-state index contributed by atoms with van der Waals surface area (Å²) < 4.78 is 16.0. The molecular weight excluding hydrogens is 358 g/mol. The number of carbonyl (C=O) groups excluding carboxylic acids is 2. The number of amides is 1. The summed E-state index contributed by atoms with van der Waals surface area (Å²) in [4.78, 5) is 26.9. The molecule has 0 aliphatic heterocycles. The predicted molar refractivity (Wildman–Crippen MR) is 107 cm³/mol. The van der Waals surface area contributed by atoms with Crippen LogP contribution in [0.15, 0.2) is 54.6 Å². The first-order chi connectivity index (χ1) is 13.5. The van der Waals surface area contributed by atoms with Crippen molar-refractivity contribution in [1.29, 1.82) is 0 Å². The number of nitrogens with zero attached hydrogens (tertiary/aromatic N) is 1. The number of esters is 1. The van der Waals surface area contributed by atoms with Crippen molar-refractivity contribution < 1.29 is 23.8 Å². The maximum Gasteiger partial charge on any atom is 0.343 e. The second-order valence-corrected chi connectivity index (χ2v) is 5.84. The molecule has 2 aromatic rings. The Bertz CT molecular complexity index is 841. The van der Waals surface area contributed by atoms with E-state index in [-0.39, 0.29) is 17.2 Å². The van der Waals surface area contributed by atoms with Crippen molar-refractivity contribution >= 4 is 17.6 Å². The lowest BCUT2D eigenvalue weighted by Gasteiger charge is -2.17. The minimum absolute atomic E-state index is 0.192. The van der Waals surface area contributed by atoms with E-state index in [0.29, 0.717) is 30.2 Å². The van der Waals surface area contributed by atoms with Gasteiger partial charge in [-0.2, -0.15) is 0 Å². The second kappa shape index (κ2) is 10.2. The number of carbonyl (C=O) groups is 2. The third kappa shape index (κ3) is 5.13. The van der Waals surface area contributed by atoms with Crippen molar-refractivity contribution in [2.24, 2.45) is 0 Å². The maximum absolute atomic E-state index is 12.7. The molecule has 6 heteroatoms. The summed E-state index contributed by atoms with van der Waals surface area (Å²) >= 11 is 0. The van der Waals surface area contributed by atoms with Crippen LogP contribution in [-0.2, 0) is 9.53 Å². The highest BCUT2D eigenvalue weighted by molar-refractivity contribution is 5.98. The van der Waals surface area contributed by atoms with Crippen molar-refractivity contribution in [3.63, 3.8) is 0 Å². The summed E-state index contributed by atoms with van der Waals surface area (Å²) in [6.07, 6.45) is 1.35. The first kappa shape index (κ1) is 21.0. The zero-order chi connectivity index (χ0) is 20.5. The molecule has 0 atom stereocenters. The Balaban J connectivity index is 2.35. The molecule has 0 unspecified atom stereocenters. The predicted octanol–water partition coefficient (Wildman–Crippen LogP) is 3.77. The highest BCUT2D eigenvalue weighted by atomic mass is 16.5. The monoisotopic (exact) mass is 383 g/mol. The van der Waals surface area contributed by atoms with Crippen LogP contribution in [0, 0.1) is 0 Å². The van der Waals surface area contributed by atoms with Crippen LogP contribution < -0.4 is 9.47 Å². The van der Waals surface area contributed by atoms with Crippen LogP contribution in [0.5, 0.6) is 11.5 Å². The normalized spacial score (nSPS) is 10.9. The van der Waals surface area contributed by atoms with E-state index in [4.69, 9.17) is 14.2 Å². The highest BCUT2D eigenvalue weighted by Crippen LogP contribution is 2.28. The molecule has 0 aliphatic carbocycles. The number of ether oxygens (including phenoxy) is 3. The third-order valence-electron chi connectivity index (χ3n) is 4.21. The summed E-state index contributed by atoms with van der Waals surface area (Å²) in [5.41, 5.74) is 0.923. The van der Waals surface area contributed by atoms with Crippen molar-refractivity contribution in [2.45, 2.75) is 13.8 Å². The average molecular weight is 383 g/mol. The standard InChI is InChI=1S/C22H25NO5/c1-5-23(6-2)21(24)15-19(16-10-8-7-9-11-16)28-22(25)17-12-13-18(26-3)20(14-17)27-4/h7-15H,5-6H2,1-4H3/b19-15-. The van der Waals surface area contributed by atoms with E-state index >= 15 is 0 Å². The molecule has 0 saturated heterocycles. The first-order valence-corrected chi connectivity index (χ1v) is 9.04. The lowest BCUT2D eigenvalue weighted by Crippen LogP contribution is -2.29. The Labute approximate surface area is 165 Å². The molecular formula is C22H25NO5. The molecule has 0 bridgehead atoms. The van der Waals surface area contributed by atoms with Crippen LogP contribution in [-0.4, -0.2) is 44.1 Å². The average Bonchev–Trinajstić information content (AvgIpc) is 2.74.